The lowest BCUT2D eigenvalue weighted by molar-refractivity contribution is 0.0790. The van der Waals surface area contributed by atoms with Crippen molar-refractivity contribution >= 4 is 15.9 Å². The number of halogens is 1. The quantitative estimate of drug-likeness (QED) is 0.914. The summed E-state index contributed by atoms with van der Waals surface area (Å²) in [5.41, 5.74) is 0.734. The molecule has 1 aromatic rings. The van der Waals surface area contributed by atoms with Gasteiger partial charge in [0.05, 0.1) is 12.2 Å². The number of hydrogen-bond donors (Lipinski definition) is 1. The van der Waals surface area contributed by atoms with E-state index in [1.165, 1.54) is 0 Å². The fraction of sp³-hybridized carbons (Fsp3) is 0.800. The summed E-state index contributed by atoms with van der Waals surface area (Å²) in [4.78, 5) is 0. The Labute approximate surface area is 103 Å². The molecule has 0 aliphatic carbocycles. The lowest BCUT2D eigenvalue weighted by atomic mass is 10.1. The SMILES string of the molecule is Cn1nnc(Br)c1C(O)CCC1CCCO1. The van der Waals surface area contributed by atoms with Crippen molar-refractivity contribution in [1.82, 2.24) is 15.0 Å². The van der Waals surface area contributed by atoms with Crippen LogP contribution in [0, 0.1) is 0 Å². The molecule has 16 heavy (non-hydrogen) atoms. The summed E-state index contributed by atoms with van der Waals surface area (Å²) < 4.78 is 7.74. The molecule has 6 heteroatoms. The molecular formula is C10H16BrN3O2. The second kappa shape index (κ2) is 5.25. The minimum Gasteiger partial charge on any atom is -0.387 e. The molecule has 1 aromatic heterocycles. The van der Waals surface area contributed by atoms with Crippen LogP contribution in [0.15, 0.2) is 4.60 Å². The van der Waals surface area contributed by atoms with E-state index in [9.17, 15) is 5.11 Å². The Bertz CT molecular complexity index is 330. The molecule has 1 aliphatic heterocycles. The highest BCUT2D eigenvalue weighted by Gasteiger charge is 2.21. The Kier molecular flexibility index (Phi) is 3.94. The molecule has 5 nitrogen and oxygen atoms in total. The van der Waals surface area contributed by atoms with Crippen LogP contribution < -0.4 is 0 Å². The third-order valence-electron chi connectivity index (χ3n) is 2.93. The molecule has 90 valence electrons. The Balaban J connectivity index is 1.89. The summed E-state index contributed by atoms with van der Waals surface area (Å²) in [5, 5.41) is 17.7. The van der Waals surface area contributed by atoms with E-state index in [2.05, 4.69) is 26.2 Å². The lowest BCUT2D eigenvalue weighted by Crippen LogP contribution is -2.10. The lowest BCUT2D eigenvalue weighted by Gasteiger charge is -2.13. The third-order valence-corrected chi connectivity index (χ3v) is 3.49. The first kappa shape index (κ1) is 12.0. The van der Waals surface area contributed by atoms with Gasteiger partial charge in [0.15, 0.2) is 4.60 Å². The highest BCUT2D eigenvalue weighted by Crippen LogP contribution is 2.26. The number of rotatable bonds is 4. The molecule has 0 amide bonds. The van der Waals surface area contributed by atoms with Gasteiger partial charge in [-0.05, 0) is 41.6 Å². The summed E-state index contributed by atoms with van der Waals surface area (Å²) in [6.07, 6.45) is 3.60. The van der Waals surface area contributed by atoms with Gasteiger partial charge >= 0.3 is 0 Å². The van der Waals surface area contributed by atoms with Crippen LogP contribution in [0.1, 0.15) is 37.5 Å². The van der Waals surface area contributed by atoms with E-state index in [1.54, 1.807) is 11.7 Å². The molecular weight excluding hydrogens is 274 g/mol. The van der Waals surface area contributed by atoms with Crippen molar-refractivity contribution in [2.45, 2.75) is 37.9 Å². The smallest absolute Gasteiger partial charge is 0.154 e. The molecule has 1 fully saturated rings. The highest BCUT2D eigenvalue weighted by atomic mass is 79.9. The predicted molar refractivity (Wildman–Crippen MR) is 61.9 cm³/mol. The maximum absolute atomic E-state index is 10.0. The maximum Gasteiger partial charge on any atom is 0.154 e. The first-order valence-electron chi connectivity index (χ1n) is 5.53. The van der Waals surface area contributed by atoms with Gasteiger partial charge in [-0.2, -0.15) is 0 Å². The van der Waals surface area contributed by atoms with Gasteiger partial charge in [-0.15, -0.1) is 5.10 Å². The average Bonchev–Trinajstić information content (AvgIpc) is 2.86. The van der Waals surface area contributed by atoms with Gasteiger partial charge < -0.3 is 9.84 Å². The molecule has 0 aromatic carbocycles. The van der Waals surface area contributed by atoms with Crippen LogP contribution in [0.3, 0.4) is 0 Å². The number of nitrogens with zero attached hydrogens (tertiary/aromatic N) is 3. The molecule has 1 N–H and O–H groups in total. The van der Waals surface area contributed by atoms with Crippen molar-refractivity contribution in [3.8, 4) is 0 Å². The molecule has 0 saturated carbocycles. The van der Waals surface area contributed by atoms with Crippen LogP contribution in [0.5, 0.6) is 0 Å². The van der Waals surface area contributed by atoms with E-state index in [0.717, 1.165) is 31.6 Å². The normalized spacial score (nSPS) is 22.6. The van der Waals surface area contributed by atoms with Crippen LogP contribution in [0.25, 0.3) is 0 Å². The maximum atomic E-state index is 10.0. The number of hydrogen-bond acceptors (Lipinski definition) is 4. The second-order valence-electron chi connectivity index (χ2n) is 4.12. The Morgan fingerprint density at radius 2 is 2.50 bits per heavy atom. The minimum atomic E-state index is -0.529. The number of aliphatic hydroxyl groups is 1. The van der Waals surface area contributed by atoms with Crippen molar-refractivity contribution in [3.05, 3.63) is 10.3 Å². The van der Waals surface area contributed by atoms with Crippen LogP contribution in [-0.2, 0) is 11.8 Å². The van der Waals surface area contributed by atoms with Gasteiger partial charge in [0.1, 0.15) is 5.69 Å². The number of aryl methyl sites for hydroxylation is 1. The predicted octanol–water partition coefficient (Wildman–Crippen LogP) is 1.57. The molecule has 0 spiro atoms. The van der Waals surface area contributed by atoms with Gasteiger partial charge in [0, 0.05) is 13.7 Å². The number of aromatic nitrogens is 3. The largest absolute Gasteiger partial charge is 0.387 e. The van der Waals surface area contributed by atoms with E-state index in [1.807, 2.05) is 0 Å². The van der Waals surface area contributed by atoms with Crippen molar-refractivity contribution in [2.24, 2.45) is 7.05 Å². The monoisotopic (exact) mass is 289 g/mol. The zero-order valence-electron chi connectivity index (χ0n) is 9.27. The van der Waals surface area contributed by atoms with Crippen LogP contribution >= 0.6 is 15.9 Å². The first-order chi connectivity index (χ1) is 7.68. The zero-order valence-corrected chi connectivity index (χ0v) is 10.9. The molecule has 2 rings (SSSR count). The zero-order chi connectivity index (χ0) is 11.5. The van der Waals surface area contributed by atoms with E-state index in [0.29, 0.717) is 17.1 Å². The van der Waals surface area contributed by atoms with Crippen LogP contribution in [0.4, 0.5) is 0 Å². The minimum absolute atomic E-state index is 0.314. The Hall–Kier alpha value is -0.460. The molecule has 0 radical (unpaired) electrons. The van der Waals surface area contributed by atoms with Crippen molar-refractivity contribution in [2.75, 3.05) is 6.61 Å². The van der Waals surface area contributed by atoms with Crippen molar-refractivity contribution in [1.29, 1.82) is 0 Å². The molecule has 2 atom stereocenters. The van der Waals surface area contributed by atoms with Gasteiger partial charge in [0.25, 0.3) is 0 Å². The van der Waals surface area contributed by atoms with Gasteiger partial charge in [0.2, 0.25) is 0 Å². The Morgan fingerprint density at radius 1 is 1.69 bits per heavy atom. The standard InChI is InChI=1S/C10H16BrN3O2/c1-14-9(10(11)12-13-14)8(15)5-4-7-3-2-6-16-7/h7-8,15H,2-6H2,1H3. The summed E-state index contributed by atoms with van der Waals surface area (Å²) in [7, 11) is 1.78. The van der Waals surface area contributed by atoms with Gasteiger partial charge in [-0.1, -0.05) is 5.21 Å². The van der Waals surface area contributed by atoms with Gasteiger partial charge in [-0.25, -0.2) is 4.68 Å². The van der Waals surface area contributed by atoms with Gasteiger partial charge in [-0.3, -0.25) is 0 Å². The second-order valence-corrected chi connectivity index (χ2v) is 4.87. The van der Waals surface area contributed by atoms with Crippen molar-refractivity contribution < 1.29 is 9.84 Å². The average molecular weight is 290 g/mol. The fourth-order valence-corrected chi connectivity index (χ4v) is 2.64. The Morgan fingerprint density at radius 3 is 3.06 bits per heavy atom. The number of aliphatic hydroxyl groups excluding tert-OH is 1. The summed E-state index contributed by atoms with van der Waals surface area (Å²) in [6.45, 7) is 0.859. The van der Waals surface area contributed by atoms with E-state index < -0.39 is 6.10 Å². The first-order valence-corrected chi connectivity index (χ1v) is 6.32. The molecule has 1 aliphatic rings. The molecule has 2 heterocycles. The van der Waals surface area contributed by atoms with Crippen molar-refractivity contribution in [3.63, 3.8) is 0 Å². The highest BCUT2D eigenvalue weighted by molar-refractivity contribution is 9.10. The third kappa shape index (κ3) is 2.61. The number of ether oxygens (including phenoxy) is 1. The fourth-order valence-electron chi connectivity index (χ4n) is 2.04. The van der Waals surface area contributed by atoms with Crippen LogP contribution in [0.2, 0.25) is 0 Å². The van der Waals surface area contributed by atoms with E-state index in [4.69, 9.17) is 4.74 Å². The molecule has 2 unspecified atom stereocenters. The summed E-state index contributed by atoms with van der Waals surface area (Å²) in [6, 6.07) is 0. The molecule has 0 bridgehead atoms. The van der Waals surface area contributed by atoms with E-state index in [-0.39, 0.29) is 0 Å². The topological polar surface area (TPSA) is 60.2 Å². The summed E-state index contributed by atoms with van der Waals surface area (Å²) >= 11 is 3.29. The van der Waals surface area contributed by atoms with Crippen LogP contribution in [-0.4, -0.2) is 32.8 Å². The molecule has 1 saturated heterocycles. The summed E-state index contributed by atoms with van der Waals surface area (Å²) in [5.74, 6) is 0. The van der Waals surface area contributed by atoms with E-state index >= 15 is 0 Å².